The number of ether oxygens (including phenoxy) is 4. The average Bonchev–Trinajstić information content (AvgIpc) is 2.29. The minimum atomic E-state index is -1.09. The molecule has 0 aliphatic heterocycles. The van der Waals surface area contributed by atoms with Gasteiger partial charge in [-0.25, -0.2) is 0 Å². The van der Waals surface area contributed by atoms with Crippen LogP contribution in [0.5, 0.6) is 0 Å². The molecule has 0 aromatic heterocycles. The van der Waals surface area contributed by atoms with Crippen molar-refractivity contribution in [2.75, 3.05) is 6.61 Å². The van der Waals surface area contributed by atoms with Gasteiger partial charge in [0.25, 0.3) is 0 Å². The fraction of sp³-hybridized carbons (Fsp3) is 0.692. The van der Waals surface area contributed by atoms with Crippen LogP contribution in [0.25, 0.3) is 0 Å². The predicted molar refractivity (Wildman–Crippen MR) is 69.0 cm³/mol. The van der Waals surface area contributed by atoms with Gasteiger partial charge in [0.2, 0.25) is 0 Å². The van der Waals surface area contributed by atoms with Crippen LogP contribution in [0.3, 0.4) is 0 Å². The fourth-order valence-corrected chi connectivity index (χ4v) is 1.60. The highest BCUT2D eigenvalue weighted by Crippen LogP contribution is 2.14. The molecular formula is C13H20O8. The van der Waals surface area contributed by atoms with Gasteiger partial charge >= 0.3 is 23.9 Å². The summed E-state index contributed by atoms with van der Waals surface area (Å²) in [7, 11) is 0. The van der Waals surface area contributed by atoms with Crippen LogP contribution in [0, 0.1) is 0 Å². The molecule has 3 atom stereocenters. The minimum absolute atomic E-state index is 0.321. The third-order valence-electron chi connectivity index (χ3n) is 2.25. The molecule has 8 nitrogen and oxygen atoms in total. The molecule has 0 aromatic rings. The standard InChI is InChI=1S/C13H20O8/c1-7(19-9(3)15)13(21-11(5)17)12(20-10(4)16)6-18-8(2)14/h7,12-13H,6H2,1-5H3/t7-,12+,13-/m0/s1. The Kier molecular flexibility index (Phi) is 8.03. The van der Waals surface area contributed by atoms with Gasteiger partial charge in [0, 0.05) is 27.7 Å². The van der Waals surface area contributed by atoms with E-state index in [0.717, 1.165) is 13.8 Å². The van der Waals surface area contributed by atoms with Crippen LogP contribution in [0.4, 0.5) is 0 Å². The number of hydrogen-bond donors (Lipinski definition) is 0. The number of carbonyl (C=O) groups excluding carboxylic acids is 4. The maximum absolute atomic E-state index is 11.2. The Morgan fingerprint density at radius 3 is 1.62 bits per heavy atom. The van der Waals surface area contributed by atoms with Gasteiger partial charge in [-0.2, -0.15) is 0 Å². The number of carbonyl (C=O) groups is 4. The van der Waals surface area contributed by atoms with Crippen molar-refractivity contribution in [1.29, 1.82) is 0 Å². The first-order valence-corrected chi connectivity index (χ1v) is 6.28. The quantitative estimate of drug-likeness (QED) is 0.490. The smallest absolute Gasteiger partial charge is 0.303 e. The van der Waals surface area contributed by atoms with E-state index in [1.807, 2.05) is 0 Å². The number of hydrogen-bond acceptors (Lipinski definition) is 8. The van der Waals surface area contributed by atoms with Crippen molar-refractivity contribution in [2.24, 2.45) is 0 Å². The summed E-state index contributed by atoms with van der Waals surface area (Å²) >= 11 is 0. The zero-order valence-electron chi connectivity index (χ0n) is 12.7. The normalized spacial score (nSPS) is 14.3. The van der Waals surface area contributed by atoms with Gasteiger partial charge in [-0.15, -0.1) is 0 Å². The molecule has 0 saturated carbocycles. The fourth-order valence-electron chi connectivity index (χ4n) is 1.60. The highest BCUT2D eigenvalue weighted by molar-refractivity contribution is 5.68. The zero-order chi connectivity index (χ0) is 16.6. The topological polar surface area (TPSA) is 105 Å². The van der Waals surface area contributed by atoms with E-state index in [1.54, 1.807) is 0 Å². The molecule has 0 amide bonds. The summed E-state index contributed by atoms with van der Waals surface area (Å²) in [5.41, 5.74) is 0. The van der Waals surface area contributed by atoms with Gasteiger partial charge in [0.1, 0.15) is 12.7 Å². The molecule has 0 aromatic carbocycles. The van der Waals surface area contributed by atoms with Crippen molar-refractivity contribution in [1.82, 2.24) is 0 Å². The summed E-state index contributed by atoms with van der Waals surface area (Å²) in [5, 5.41) is 0. The first-order chi connectivity index (χ1) is 9.63. The molecule has 0 bridgehead atoms. The molecule has 0 saturated heterocycles. The Labute approximate surface area is 122 Å². The molecule has 8 heteroatoms. The largest absolute Gasteiger partial charge is 0.462 e. The van der Waals surface area contributed by atoms with Gasteiger partial charge in [0.15, 0.2) is 12.2 Å². The van der Waals surface area contributed by atoms with Crippen molar-refractivity contribution in [3.63, 3.8) is 0 Å². The molecule has 0 N–H and O–H groups in total. The molecule has 0 unspecified atom stereocenters. The second-order valence-corrected chi connectivity index (χ2v) is 4.34. The highest BCUT2D eigenvalue weighted by Gasteiger charge is 2.35. The van der Waals surface area contributed by atoms with Crippen LogP contribution in [0.1, 0.15) is 34.6 Å². The van der Waals surface area contributed by atoms with E-state index >= 15 is 0 Å². The lowest BCUT2D eigenvalue weighted by Crippen LogP contribution is -2.46. The first-order valence-electron chi connectivity index (χ1n) is 6.28. The predicted octanol–water partition coefficient (Wildman–Crippen LogP) is 0.365. The molecule has 0 aliphatic carbocycles. The molecule has 0 spiro atoms. The maximum atomic E-state index is 11.2. The van der Waals surface area contributed by atoms with Crippen LogP contribution in [0.15, 0.2) is 0 Å². The Morgan fingerprint density at radius 1 is 0.762 bits per heavy atom. The van der Waals surface area contributed by atoms with Gasteiger partial charge in [-0.3, -0.25) is 19.2 Å². The monoisotopic (exact) mass is 304 g/mol. The molecule has 0 radical (unpaired) electrons. The molecule has 0 heterocycles. The van der Waals surface area contributed by atoms with Crippen molar-refractivity contribution in [3.8, 4) is 0 Å². The van der Waals surface area contributed by atoms with Crippen LogP contribution in [-0.4, -0.2) is 48.8 Å². The van der Waals surface area contributed by atoms with Crippen molar-refractivity contribution in [3.05, 3.63) is 0 Å². The van der Waals surface area contributed by atoms with E-state index in [1.165, 1.54) is 20.8 Å². The van der Waals surface area contributed by atoms with E-state index < -0.39 is 42.2 Å². The summed E-state index contributed by atoms with van der Waals surface area (Å²) in [6.45, 7) is 5.83. The average molecular weight is 304 g/mol. The Hall–Kier alpha value is -2.12. The number of rotatable bonds is 7. The lowest BCUT2D eigenvalue weighted by Gasteiger charge is -2.29. The maximum Gasteiger partial charge on any atom is 0.303 e. The van der Waals surface area contributed by atoms with Crippen LogP contribution in [-0.2, 0) is 38.1 Å². The Morgan fingerprint density at radius 2 is 1.24 bits per heavy atom. The molecule has 120 valence electrons. The Bertz CT molecular complexity index is 403. The van der Waals surface area contributed by atoms with Crippen molar-refractivity contribution in [2.45, 2.75) is 52.9 Å². The first kappa shape index (κ1) is 18.9. The molecule has 0 fully saturated rings. The lowest BCUT2D eigenvalue weighted by atomic mass is 10.1. The van der Waals surface area contributed by atoms with E-state index in [4.69, 9.17) is 18.9 Å². The third kappa shape index (κ3) is 8.61. The molecular weight excluding hydrogens is 284 g/mol. The summed E-state index contributed by atoms with van der Waals surface area (Å²) < 4.78 is 19.7. The summed E-state index contributed by atoms with van der Waals surface area (Å²) in [4.78, 5) is 44.2. The Balaban J connectivity index is 5.12. The minimum Gasteiger partial charge on any atom is -0.462 e. The molecule has 0 aliphatic rings. The van der Waals surface area contributed by atoms with Gasteiger partial charge in [-0.1, -0.05) is 0 Å². The van der Waals surface area contributed by atoms with Gasteiger partial charge in [-0.05, 0) is 6.92 Å². The summed E-state index contributed by atoms with van der Waals surface area (Å²) in [6.07, 6.45) is -3.05. The van der Waals surface area contributed by atoms with Crippen LogP contribution < -0.4 is 0 Å². The number of esters is 4. The van der Waals surface area contributed by atoms with Crippen LogP contribution in [0.2, 0.25) is 0 Å². The van der Waals surface area contributed by atoms with Gasteiger partial charge < -0.3 is 18.9 Å². The van der Waals surface area contributed by atoms with Crippen molar-refractivity contribution < 1.29 is 38.1 Å². The molecule has 21 heavy (non-hydrogen) atoms. The van der Waals surface area contributed by atoms with Crippen LogP contribution >= 0.6 is 0 Å². The second-order valence-electron chi connectivity index (χ2n) is 4.34. The zero-order valence-corrected chi connectivity index (χ0v) is 12.7. The molecule has 0 rings (SSSR count). The van der Waals surface area contributed by atoms with Gasteiger partial charge in [0.05, 0.1) is 0 Å². The third-order valence-corrected chi connectivity index (χ3v) is 2.25. The highest BCUT2D eigenvalue weighted by atomic mass is 16.6. The second kappa shape index (κ2) is 8.93. The summed E-state index contributed by atoms with van der Waals surface area (Å²) in [6, 6.07) is 0. The van der Waals surface area contributed by atoms with E-state index in [0.29, 0.717) is 0 Å². The summed E-state index contributed by atoms with van der Waals surface area (Å²) in [5.74, 6) is -2.49. The van der Waals surface area contributed by atoms with E-state index in [9.17, 15) is 19.2 Å². The van der Waals surface area contributed by atoms with E-state index in [-0.39, 0.29) is 6.61 Å². The van der Waals surface area contributed by atoms with E-state index in [2.05, 4.69) is 0 Å². The lowest BCUT2D eigenvalue weighted by molar-refractivity contribution is -0.187. The van der Waals surface area contributed by atoms with Crippen molar-refractivity contribution >= 4 is 23.9 Å². The SMILES string of the molecule is CC(=O)OC[C@@H](OC(C)=O)[C@@H](OC(C)=O)[C@H](C)OC(C)=O.